The minimum Gasteiger partial charge on any atom is -0.465 e. The van der Waals surface area contributed by atoms with E-state index >= 15 is 0 Å². The molecule has 3 aromatic rings. The highest BCUT2D eigenvalue weighted by Gasteiger charge is 2.14. The second-order valence-electron chi connectivity index (χ2n) is 5.59. The largest absolute Gasteiger partial charge is 0.465 e. The van der Waals surface area contributed by atoms with Gasteiger partial charge in [0.2, 0.25) is 5.56 Å². The number of nitrogens with one attached hydrogen (secondary N) is 1. The molecule has 0 aliphatic heterocycles. The number of thioether (sulfide) groups is 1. The molecule has 0 spiro atoms. The van der Waals surface area contributed by atoms with Crippen molar-refractivity contribution in [1.82, 2.24) is 9.97 Å². The Morgan fingerprint density at radius 2 is 2.04 bits per heavy atom. The average molecular weight is 377 g/mol. The van der Waals surface area contributed by atoms with Crippen LogP contribution in [0, 0.1) is 11.3 Å². The molecular formula is C20H15N3O3S. The lowest BCUT2D eigenvalue weighted by molar-refractivity contribution is 0.0600. The zero-order valence-electron chi connectivity index (χ0n) is 14.4. The number of hydrogen-bond donors (Lipinski definition) is 1. The molecule has 134 valence electrons. The van der Waals surface area contributed by atoms with Crippen molar-refractivity contribution in [2.75, 3.05) is 7.11 Å². The normalized spacial score (nSPS) is 10.2. The maximum Gasteiger partial charge on any atom is 0.339 e. The van der Waals surface area contributed by atoms with Gasteiger partial charge in [-0.15, -0.1) is 11.8 Å². The van der Waals surface area contributed by atoms with Crippen molar-refractivity contribution < 1.29 is 9.53 Å². The van der Waals surface area contributed by atoms with Crippen LogP contribution in [0.5, 0.6) is 0 Å². The number of rotatable bonds is 5. The van der Waals surface area contributed by atoms with Crippen molar-refractivity contribution in [3.05, 3.63) is 81.9 Å². The third-order valence-electron chi connectivity index (χ3n) is 3.80. The maximum absolute atomic E-state index is 12.1. The zero-order valence-corrected chi connectivity index (χ0v) is 15.2. The minimum atomic E-state index is -0.466. The molecule has 0 atom stereocenters. The topological polar surface area (TPSA) is 95.8 Å². The van der Waals surface area contributed by atoms with Crippen molar-refractivity contribution in [3.63, 3.8) is 0 Å². The second-order valence-corrected chi connectivity index (χ2v) is 6.58. The molecule has 27 heavy (non-hydrogen) atoms. The van der Waals surface area contributed by atoms with Gasteiger partial charge in [0, 0.05) is 29.8 Å². The molecule has 2 heterocycles. The first-order valence-corrected chi connectivity index (χ1v) is 8.99. The molecule has 0 radical (unpaired) electrons. The van der Waals surface area contributed by atoms with E-state index < -0.39 is 5.97 Å². The van der Waals surface area contributed by atoms with E-state index in [2.05, 4.69) is 16.0 Å². The van der Waals surface area contributed by atoms with Gasteiger partial charge in [-0.3, -0.25) is 9.78 Å². The zero-order chi connectivity index (χ0) is 19.2. The summed E-state index contributed by atoms with van der Waals surface area (Å²) in [6.45, 7) is 0. The Bertz CT molecular complexity index is 1070. The summed E-state index contributed by atoms with van der Waals surface area (Å²) in [5, 5.41) is 10.1. The van der Waals surface area contributed by atoms with Crippen molar-refractivity contribution in [2.45, 2.75) is 10.8 Å². The van der Waals surface area contributed by atoms with E-state index in [-0.39, 0.29) is 5.56 Å². The van der Waals surface area contributed by atoms with Crippen LogP contribution < -0.4 is 5.56 Å². The van der Waals surface area contributed by atoms with Crippen LogP contribution in [-0.4, -0.2) is 23.0 Å². The average Bonchev–Trinajstić information content (AvgIpc) is 2.72. The highest BCUT2D eigenvalue weighted by Crippen LogP contribution is 2.30. The molecule has 2 aromatic heterocycles. The van der Waals surface area contributed by atoms with Gasteiger partial charge in [0.15, 0.2) is 0 Å². The quantitative estimate of drug-likeness (QED) is 0.541. The van der Waals surface area contributed by atoms with Gasteiger partial charge in [-0.25, -0.2) is 4.79 Å². The van der Waals surface area contributed by atoms with Crippen LogP contribution in [0.1, 0.15) is 21.5 Å². The van der Waals surface area contributed by atoms with Gasteiger partial charge in [-0.2, -0.15) is 5.26 Å². The summed E-state index contributed by atoms with van der Waals surface area (Å²) in [7, 11) is 1.31. The number of H-pyrrole nitrogens is 1. The number of aromatic amines is 1. The maximum atomic E-state index is 12.1. The Kier molecular flexibility index (Phi) is 5.69. The molecule has 7 heteroatoms. The number of ether oxygens (including phenoxy) is 1. The second kappa shape index (κ2) is 8.34. The number of carbonyl (C=O) groups excluding carboxylic acids is 1. The van der Waals surface area contributed by atoms with Gasteiger partial charge in [0.1, 0.15) is 6.07 Å². The fourth-order valence-electron chi connectivity index (χ4n) is 2.55. The van der Waals surface area contributed by atoms with E-state index in [0.717, 1.165) is 11.1 Å². The van der Waals surface area contributed by atoms with Gasteiger partial charge in [0.05, 0.1) is 23.3 Å². The number of nitrogens with zero attached hydrogens (tertiary/aromatic N) is 2. The van der Waals surface area contributed by atoms with E-state index in [1.165, 1.54) is 31.1 Å². The minimum absolute atomic E-state index is 0.281. The number of pyridine rings is 2. The lowest BCUT2D eigenvalue weighted by atomic mass is 10.0. The van der Waals surface area contributed by atoms with Gasteiger partial charge in [-0.1, -0.05) is 30.3 Å². The number of nitriles is 1. The van der Waals surface area contributed by atoms with E-state index in [1.807, 2.05) is 30.3 Å². The van der Waals surface area contributed by atoms with Gasteiger partial charge < -0.3 is 9.72 Å². The van der Waals surface area contributed by atoms with E-state index in [1.54, 1.807) is 12.3 Å². The highest BCUT2D eigenvalue weighted by atomic mass is 32.2. The molecule has 0 saturated heterocycles. The summed E-state index contributed by atoms with van der Waals surface area (Å²) in [6.07, 6.45) is 3.06. The van der Waals surface area contributed by atoms with E-state index in [4.69, 9.17) is 4.74 Å². The van der Waals surface area contributed by atoms with Crippen LogP contribution in [0.15, 0.2) is 64.7 Å². The number of esters is 1. The number of carbonyl (C=O) groups is 1. The smallest absolute Gasteiger partial charge is 0.339 e. The molecule has 0 unspecified atom stereocenters. The summed E-state index contributed by atoms with van der Waals surface area (Å²) < 4.78 is 4.69. The van der Waals surface area contributed by atoms with E-state index in [0.29, 0.717) is 27.5 Å². The van der Waals surface area contributed by atoms with Crippen LogP contribution in [0.4, 0.5) is 0 Å². The first-order valence-electron chi connectivity index (χ1n) is 8.00. The number of hydrogen-bond acceptors (Lipinski definition) is 6. The molecule has 0 aliphatic carbocycles. The van der Waals surface area contributed by atoms with Gasteiger partial charge in [0.25, 0.3) is 0 Å². The predicted octanol–water partition coefficient (Wildman–Crippen LogP) is 3.39. The summed E-state index contributed by atoms with van der Waals surface area (Å²) in [4.78, 5) is 30.5. The van der Waals surface area contributed by atoms with Crippen molar-refractivity contribution >= 4 is 17.7 Å². The van der Waals surface area contributed by atoms with Crippen molar-refractivity contribution in [1.29, 1.82) is 5.26 Å². The fraction of sp³-hybridized carbons (Fsp3) is 0.100. The number of methoxy groups -OCH3 is 1. The monoisotopic (exact) mass is 377 g/mol. The lowest BCUT2D eigenvalue weighted by Gasteiger charge is -2.09. The SMILES string of the molecule is COC(=O)c1cncc(CSc2[nH]c(=O)cc(-c3ccccc3)c2C#N)c1. The summed E-state index contributed by atoms with van der Waals surface area (Å²) in [5.74, 6) is -0.0349. The third kappa shape index (κ3) is 4.25. The Morgan fingerprint density at radius 3 is 2.74 bits per heavy atom. The summed E-state index contributed by atoms with van der Waals surface area (Å²) in [6, 6.07) is 14.6. The van der Waals surface area contributed by atoms with Crippen molar-refractivity contribution in [3.8, 4) is 17.2 Å². The molecule has 0 bridgehead atoms. The Morgan fingerprint density at radius 1 is 1.26 bits per heavy atom. The number of aromatic nitrogens is 2. The number of benzene rings is 1. The van der Waals surface area contributed by atoms with Gasteiger partial charge >= 0.3 is 5.97 Å². The van der Waals surface area contributed by atoms with Crippen LogP contribution in [-0.2, 0) is 10.5 Å². The standard InChI is InChI=1S/C20H15N3O3S/c1-26-20(25)15-7-13(10-22-11-15)12-27-19-17(9-21)16(8-18(24)23-19)14-5-3-2-4-6-14/h2-8,10-11H,12H2,1H3,(H,23,24). The molecule has 0 amide bonds. The van der Waals surface area contributed by atoms with Crippen molar-refractivity contribution in [2.24, 2.45) is 0 Å². The van der Waals surface area contributed by atoms with Crippen LogP contribution in [0.2, 0.25) is 0 Å². The predicted molar refractivity (Wildman–Crippen MR) is 102 cm³/mol. The lowest BCUT2D eigenvalue weighted by Crippen LogP contribution is -2.08. The van der Waals surface area contributed by atoms with E-state index in [9.17, 15) is 14.9 Å². The molecule has 6 nitrogen and oxygen atoms in total. The van der Waals surface area contributed by atoms with Crippen LogP contribution in [0.3, 0.4) is 0 Å². The molecule has 3 rings (SSSR count). The highest BCUT2D eigenvalue weighted by molar-refractivity contribution is 7.98. The van der Waals surface area contributed by atoms with Crippen LogP contribution >= 0.6 is 11.8 Å². The van der Waals surface area contributed by atoms with Gasteiger partial charge in [-0.05, 0) is 17.2 Å². The molecule has 1 N–H and O–H groups in total. The Balaban J connectivity index is 1.92. The Labute approximate surface area is 159 Å². The first-order chi connectivity index (χ1) is 13.1. The third-order valence-corrected chi connectivity index (χ3v) is 4.88. The molecular weight excluding hydrogens is 362 g/mol. The molecule has 0 saturated carbocycles. The fourth-order valence-corrected chi connectivity index (χ4v) is 3.49. The molecule has 0 fully saturated rings. The summed E-state index contributed by atoms with van der Waals surface area (Å²) in [5.41, 5.74) is 2.64. The summed E-state index contributed by atoms with van der Waals surface area (Å²) >= 11 is 1.31. The first kappa shape index (κ1) is 18.4. The molecule has 0 aliphatic rings. The Hall–Kier alpha value is -3.37. The molecule has 1 aromatic carbocycles. The van der Waals surface area contributed by atoms with Crippen LogP contribution in [0.25, 0.3) is 11.1 Å².